The van der Waals surface area contributed by atoms with Crippen LogP contribution in [0.15, 0.2) is 48.0 Å². The molecule has 0 aromatic heterocycles. The minimum absolute atomic E-state index is 0.0274. The van der Waals surface area contributed by atoms with Crippen molar-refractivity contribution in [3.63, 3.8) is 0 Å². The number of nitrogens with zero attached hydrogens (tertiary/aromatic N) is 1. The van der Waals surface area contributed by atoms with Crippen LogP contribution in [0.3, 0.4) is 0 Å². The van der Waals surface area contributed by atoms with Gasteiger partial charge in [0.05, 0.1) is 20.8 Å². The average Bonchev–Trinajstić information content (AvgIpc) is 2.66. The molecule has 2 aromatic rings. The van der Waals surface area contributed by atoms with Crippen molar-refractivity contribution >= 4 is 17.7 Å². The highest BCUT2D eigenvalue weighted by Crippen LogP contribution is 2.29. The first kappa shape index (κ1) is 18.9. The Balaban J connectivity index is 2.25. The van der Waals surface area contributed by atoms with Crippen molar-refractivity contribution in [3.05, 3.63) is 53.6 Å². The number of anilines is 1. The minimum Gasteiger partial charge on any atom is -0.497 e. The Kier molecular flexibility index (Phi) is 6.63. The molecule has 134 valence electrons. The summed E-state index contributed by atoms with van der Waals surface area (Å²) in [4.78, 5) is 12.4. The Morgan fingerprint density at radius 2 is 1.96 bits per heavy atom. The molecule has 1 N–H and O–H groups in total. The first-order valence-corrected chi connectivity index (χ1v) is 7.99. The average molecular weight is 352 g/mol. The molecule has 2 rings (SSSR count). The largest absolute Gasteiger partial charge is 0.497 e. The summed E-state index contributed by atoms with van der Waals surface area (Å²) < 4.78 is 15.9. The van der Waals surface area contributed by atoms with E-state index in [0.29, 0.717) is 35.1 Å². The first-order valence-electron chi connectivity index (χ1n) is 7.99. The predicted octanol–water partition coefficient (Wildman–Crippen LogP) is 3.65. The summed E-state index contributed by atoms with van der Waals surface area (Å²) >= 11 is 0. The summed E-state index contributed by atoms with van der Waals surface area (Å²) in [6.07, 6.45) is 1.50. The van der Waals surface area contributed by atoms with Gasteiger partial charge >= 0.3 is 0 Å². The molecule has 6 heteroatoms. The van der Waals surface area contributed by atoms with E-state index in [1.54, 1.807) is 56.7 Å². The molecule has 0 aliphatic heterocycles. The number of rotatable bonds is 7. The number of hydrogen-bond acceptors (Lipinski definition) is 5. The highest BCUT2D eigenvalue weighted by molar-refractivity contribution is 6.09. The number of nitriles is 1. The van der Waals surface area contributed by atoms with E-state index in [-0.39, 0.29) is 5.57 Å². The fraction of sp³-hybridized carbons (Fsp3) is 0.200. The molecular formula is C20H20N2O4. The van der Waals surface area contributed by atoms with Gasteiger partial charge in [-0.05, 0) is 42.8 Å². The molecule has 0 aliphatic carbocycles. The lowest BCUT2D eigenvalue weighted by Gasteiger charge is -2.10. The number of carbonyl (C=O) groups is 1. The first-order chi connectivity index (χ1) is 12.6. The normalized spacial score (nSPS) is 10.6. The third kappa shape index (κ3) is 4.77. The van der Waals surface area contributed by atoms with Crippen molar-refractivity contribution in [2.75, 3.05) is 26.1 Å². The lowest BCUT2D eigenvalue weighted by Crippen LogP contribution is -2.13. The maximum Gasteiger partial charge on any atom is 0.266 e. The SMILES string of the molecule is CCOc1cc(/C=C(/C#N)C(=O)Nc2cccc(OC)c2)ccc1OC. The van der Waals surface area contributed by atoms with Crippen LogP contribution in [0.25, 0.3) is 6.08 Å². The summed E-state index contributed by atoms with van der Waals surface area (Å²) in [5.41, 5.74) is 1.17. The second kappa shape index (κ2) is 9.14. The van der Waals surface area contributed by atoms with Gasteiger partial charge in [-0.2, -0.15) is 5.26 Å². The molecule has 0 unspecified atom stereocenters. The Bertz CT molecular complexity index is 853. The lowest BCUT2D eigenvalue weighted by molar-refractivity contribution is -0.112. The molecule has 0 fully saturated rings. The van der Waals surface area contributed by atoms with Gasteiger partial charge in [0.2, 0.25) is 0 Å². The fourth-order valence-electron chi connectivity index (χ4n) is 2.27. The van der Waals surface area contributed by atoms with Gasteiger partial charge in [-0.3, -0.25) is 4.79 Å². The van der Waals surface area contributed by atoms with Crippen molar-refractivity contribution in [1.82, 2.24) is 0 Å². The predicted molar refractivity (Wildman–Crippen MR) is 99.4 cm³/mol. The molecule has 2 aromatic carbocycles. The third-order valence-corrected chi connectivity index (χ3v) is 3.49. The number of methoxy groups -OCH3 is 2. The van der Waals surface area contributed by atoms with Gasteiger partial charge in [0, 0.05) is 11.8 Å². The monoisotopic (exact) mass is 352 g/mol. The Labute approximate surface area is 152 Å². The molecule has 0 saturated heterocycles. The van der Waals surface area contributed by atoms with Gasteiger partial charge < -0.3 is 19.5 Å². The molecule has 0 saturated carbocycles. The van der Waals surface area contributed by atoms with Crippen molar-refractivity contribution in [1.29, 1.82) is 5.26 Å². The van der Waals surface area contributed by atoms with Gasteiger partial charge in [0.15, 0.2) is 11.5 Å². The fourth-order valence-corrected chi connectivity index (χ4v) is 2.27. The molecule has 0 bridgehead atoms. The summed E-state index contributed by atoms with van der Waals surface area (Å²) in [6.45, 7) is 2.34. The zero-order valence-electron chi connectivity index (χ0n) is 14.9. The van der Waals surface area contributed by atoms with Gasteiger partial charge in [-0.25, -0.2) is 0 Å². The second-order valence-electron chi connectivity index (χ2n) is 5.20. The summed E-state index contributed by atoms with van der Waals surface area (Å²) in [7, 11) is 3.09. The van der Waals surface area contributed by atoms with E-state index in [1.807, 2.05) is 13.0 Å². The quantitative estimate of drug-likeness (QED) is 0.608. The van der Waals surface area contributed by atoms with Crippen LogP contribution in [0.1, 0.15) is 12.5 Å². The zero-order chi connectivity index (χ0) is 18.9. The Hall–Kier alpha value is -3.46. The third-order valence-electron chi connectivity index (χ3n) is 3.49. The number of amides is 1. The standard InChI is InChI=1S/C20H20N2O4/c1-4-26-19-11-14(8-9-18(19)25-3)10-15(13-21)20(23)22-16-6-5-7-17(12-16)24-2/h5-12H,4H2,1-3H3,(H,22,23)/b15-10-. The van der Waals surface area contributed by atoms with Crippen LogP contribution in [0.2, 0.25) is 0 Å². The van der Waals surface area contributed by atoms with Crippen molar-refractivity contribution in [2.45, 2.75) is 6.92 Å². The van der Waals surface area contributed by atoms with Gasteiger partial charge in [0.1, 0.15) is 17.4 Å². The van der Waals surface area contributed by atoms with E-state index in [0.717, 1.165) is 0 Å². The molecule has 0 spiro atoms. The van der Waals surface area contributed by atoms with Gasteiger partial charge in [-0.1, -0.05) is 12.1 Å². The van der Waals surface area contributed by atoms with E-state index in [9.17, 15) is 10.1 Å². The van der Waals surface area contributed by atoms with E-state index < -0.39 is 5.91 Å². The Morgan fingerprint density at radius 1 is 1.15 bits per heavy atom. The van der Waals surface area contributed by atoms with Crippen LogP contribution >= 0.6 is 0 Å². The van der Waals surface area contributed by atoms with E-state index in [2.05, 4.69) is 5.32 Å². The number of nitrogens with one attached hydrogen (secondary N) is 1. The number of carbonyl (C=O) groups excluding carboxylic acids is 1. The van der Waals surface area contributed by atoms with Crippen LogP contribution < -0.4 is 19.5 Å². The maximum atomic E-state index is 12.4. The summed E-state index contributed by atoms with van der Waals surface area (Å²) in [5, 5.41) is 12.0. The number of ether oxygens (including phenoxy) is 3. The maximum absolute atomic E-state index is 12.4. The van der Waals surface area contributed by atoms with Crippen molar-refractivity contribution < 1.29 is 19.0 Å². The van der Waals surface area contributed by atoms with Crippen LogP contribution in [0.4, 0.5) is 5.69 Å². The highest BCUT2D eigenvalue weighted by atomic mass is 16.5. The Morgan fingerprint density at radius 3 is 2.62 bits per heavy atom. The molecule has 26 heavy (non-hydrogen) atoms. The van der Waals surface area contributed by atoms with E-state index >= 15 is 0 Å². The molecular weight excluding hydrogens is 332 g/mol. The summed E-state index contributed by atoms with van der Waals surface area (Å²) in [6, 6.07) is 14.0. The number of benzene rings is 2. The molecule has 1 amide bonds. The van der Waals surface area contributed by atoms with Crippen LogP contribution in [-0.2, 0) is 4.79 Å². The second-order valence-corrected chi connectivity index (χ2v) is 5.20. The number of hydrogen-bond donors (Lipinski definition) is 1. The topological polar surface area (TPSA) is 80.6 Å². The van der Waals surface area contributed by atoms with Gasteiger partial charge in [-0.15, -0.1) is 0 Å². The van der Waals surface area contributed by atoms with Crippen LogP contribution in [-0.4, -0.2) is 26.7 Å². The summed E-state index contributed by atoms with van der Waals surface area (Å²) in [5.74, 6) is 1.24. The van der Waals surface area contributed by atoms with Crippen molar-refractivity contribution in [2.24, 2.45) is 0 Å². The van der Waals surface area contributed by atoms with E-state index in [4.69, 9.17) is 14.2 Å². The minimum atomic E-state index is -0.505. The van der Waals surface area contributed by atoms with Crippen molar-refractivity contribution in [3.8, 4) is 23.3 Å². The molecule has 0 heterocycles. The lowest BCUT2D eigenvalue weighted by atomic mass is 10.1. The smallest absolute Gasteiger partial charge is 0.266 e. The van der Waals surface area contributed by atoms with Gasteiger partial charge in [0.25, 0.3) is 5.91 Å². The molecule has 0 aliphatic rings. The zero-order valence-corrected chi connectivity index (χ0v) is 14.9. The molecule has 6 nitrogen and oxygen atoms in total. The van der Waals surface area contributed by atoms with Crippen LogP contribution in [0.5, 0.6) is 17.2 Å². The molecule has 0 radical (unpaired) electrons. The van der Waals surface area contributed by atoms with E-state index in [1.165, 1.54) is 6.08 Å². The molecule has 0 atom stereocenters. The highest BCUT2D eigenvalue weighted by Gasteiger charge is 2.11. The van der Waals surface area contributed by atoms with Crippen LogP contribution in [0, 0.1) is 11.3 Å².